The van der Waals surface area contributed by atoms with Crippen LogP contribution in [0.2, 0.25) is 0 Å². The second-order valence-electron chi connectivity index (χ2n) is 6.62. The molecule has 0 aromatic carbocycles. The van der Waals surface area contributed by atoms with Gasteiger partial charge in [0.25, 0.3) is 0 Å². The largest absolute Gasteiger partial charge is 0.498 e. The van der Waals surface area contributed by atoms with Gasteiger partial charge in [0.2, 0.25) is 0 Å². The molecule has 2 heterocycles. The average Bonchev–Trinajstić information content (AvgIpc) is 3.18. The van der Waals surface area contributed by atoms with E-state index in [9.17, 15) is 0 Å². The molecular weight excluding hydrogens is 267 g/mol. The van der Waals surface area contributed by atoms with Crippen molar-refractivity contribution in [3.63, 3.8) is 0 Å². The fourth-order valence-electron chi connectivity index (χ4n) is 2.14. The first-order chi connectivity index (χ1) is 9.82. The minimum atomic E-state index is -0.543. The van der Waals surface area contributed by atoms with Crippen LogP contribution in [0.15, 0.2) is 12.3 Å². The summed E-state index contributed by atoms with van der Waals surface area (Å²) in [6.45, 7) is 8.00. The minimum absolute atomic E-state index is 0.251. The molecule has 6 heteroatoms. The van der Waals surface area contributed by atoms with E-state index in [-0.39, 0.29) is 6.10 Å². The first kappa shape index (κ1) is 14.4. The highest BCUT2D eigenvalue weighted by Crippen LogP contribution is 2.37. The van der Waals surface area contributed by atoms with E-state index in [1.54, 1.807) is 12.3 Å². The molecule has 1 aromatic rings. The molecule has 0 radical (unpaired) electrons. The molecule has 1 saturated heterocycles. The van der Waals surface area contributed by atoms with Gasteiger partial charge in [-0.3, -0.25) is 0 Å². The van der Waals surface area contributed by atoms with Crippen molar-refractivity contribution < 1.29 is 14.0 Å². The Morgan fingerprint density at radius 2 is 1.90 bits per heavy atom. The Balaban J connectivity index is 1.95. The Bertz CT molecular complexity index is 589. The van der Waals surface area contributed by atoms with Crippen molar-refractivity contribution in [1.82, 2.24) is 4.98 Å². The third kappa shape index (κ3) is 2.64. The van der Waals surface area contributed by atoms with Crippen LogP contribution >= 0.6 is 0 Å². The molecule has 1 saturated carbocycles. The Hall–Kier alpha value is -1.58. The van der Waals surface area contributed by atoms with Crippen LogP contribution in [0, 0.1) is 11.3 Å². The van der Waals surface area contributed by atoms with Crippen molar-refractivity contribution in [2.24, 2.45) is 0 Å². The van der Waals surface area contributed by atoms with Crippen molar-refractivity contribution in [2.75, 3.05) is 0 Å². The summed E-state index contributed by atoms with van der Waals surface area (Å²) >= 11 is 0. The predicted octanol–water partition coefficient (Wildman–Crippen LogP) is 1.79. The molecule has 1 aliphatic heterocycles. The average molecular weight is 286 g/mol. The van der Waals surface area contributed by atoms with Crippen LogP contribution < -0.4 is 10.2 Å². The van der Waals surface area contributed by atoms with E-state index in [4.69, 9.17) is 19.3 Å². The first-order valence-corrected chi connectivity index (χ1v) is 7.25. The zero-order chi connectivity index (χ0) is 15.3. The van der Waals surface area contributed by atoms with E-state index in [1.165, 1.54) is 0 Å². The maximum Gasteiger partial charge on any atom is 0.498 e. The van der Waals surface area contributed by atoms with Crippen LogP contribution in [0.3, 0.4) is 0 Å². The first-order valence-electron chi connectivity index (χ1n) is 7.25. The lowest BCUT2D eigenvalue weighted by molar-refractivity contribution is 0.00578. The molecule has 0 spiro atoms. The quantitative estimate of drug-likeness (QED) is 0.793. The smallest absolute Gasteiger partial charge is 0.489 e. The zero-order valence-electron chi connectivity index (χ0n) is 12.8. The molecule has 0 bridgehead atoms. The van der Waals surface area contributed by atoms with Crippen LogP contribution in [0.5, 0.6) is 5.75 Å². The van der Waals surface area contributed by atoms with Gasteiger partial charge in [0.1, 0.15) is 17.5 Å². The molecule has 0 atom stereocenters. The van der Waals surface area contributed by atoms with Gasteiger partial charge in [-0.2, -0.15) is 5.26 Å². The molecule has 1 aliphatic carbocycles. The third-order valence-electron chi connectivity index (χ3n) is 4.34. The predicted molar refractivity (Wildman–Crippen MR) is 78.3 cm³/mol. The van der Waals surface area contributed by atoms with Crippen molar-refractivity contribution in [1.29, 1.82) is 5.26 Å². The molecule has 5 nitrogen and oxygen atoms in total. The minimum Gasteiger partial charge on any atom is -0.489 e. The second-order valence-corrected chi connectivity index (χ2v) is 6.62. The summed E-state index contributed by atoms with van der Waals surface area (Å²) in [6.07, 6.45) is 3.96. The lowest BCUT2D eigenvalue weighted by atomic mass is 9.78. The third-order valence-corrected chi connectivity index (χ3v) is 4.34. The molecule has 2 fully saturated rings. The molecule has 0 amide bonds. The van der Waals surface area contributed by atoms with Crippen LogP contribution in [-0.4, -0.2) is 29.4 Å². The van der Waals surface area contributed by atoms with Gasteiger partial charge >= 0.3 is 7.12 Å². The van der Waals surface area contributed by atoms with Gasteiger partial charge in [-0.1, -0.05) is 0 Å². The van der Waals surface area contributed by atoms with Gasteiger partial charge in [-0.25, -0.2) is 4.98 Å². The fraction of sp³-hybridized carbons (Fsp3) is 0.600. The van der Waals surface area contributed by atoms with E-state index in [0.29, 0.717) is 11.4 Å². The summed E-state index contributed by atoms with van der Waals surface area (Å²) in [5.74, 6) is 0.648. The molecule has 110 valence electrons. The summed E-state index contributed by atoms with van der Waals surface area (Å²) in [7, 11) is -0.543. The van der Waals surface area contributed by atoms with Crippen molar-refractivity contribution in [2.45, 2.75) is 57.8 Å². The maximum atomic E-state index is 9.06. The van der Waals surface area contributed by atoms with Crippen LogP contribution in [-0.2, 0) is 9.31 Å². The summed E-state index contributed by atoms with van der Waals surface area (Å²) in [5, 5.41) is 9.06. The van der Waals surface area contributed by atoms with Gasteiger partial charge < -0.3 is 14.0 Å². The van der Waals surface area contributed by atoms with Crippen LogP contribution in [0.25, 0.3) is 0 Å². The van der Waals surface area contributed by atoms with E-state index in [0.717, 1.165) is 18.3 Å². The molecule has 1 aromatic heterocycles. The summed E-state index contributed by atoms with van der Waals surface area (Å²) in [5.41, 5.74) is 0.227. The lowest BCUT2D eigenvalue weighted by Gasteiger charge is -2.32. The summed E-state index contributed by atoms with van der Waals surface area (Å²) in [4.78, 5) is 4.09. The fourth-order valence-corrected chi connectivity index (χ4v) is 2.14. The number of nitriles is 1. The summed E-state index contributed by atoms with van der Waals surface area (Å²) < 4.78 is 18.0. The Kier molecular flexibility index (Phi) is 3.23. The normalized spacial score (nSPS) is 22.9. The van der Waals surface area contributed by atoms with Crippen LogP contribution in [0.4, 0.5) is 0 Å². The molecule has 2 aliphatic rings. The molecule has 21 heavy (non-hydrogen) atoms. The van der Waals surface area contributed by atoms with Gasteiger partial charge in [-0.15, -0.1) is 0 Å². The van der Waals surface area contributed by atoms with E-state index < -0.39 is 18.3 Å². The number of nitrogens with zero attached hydrogens (tertiary/aromatic N) is 2. The number of hydrogen-bond donors (Lipinski definition) is 0. The van der Waals surface area contributed by atoms with E-state index >= 15 is 0 Å². The van der Waals surface area contributed by atoms with Gasteiger partial charge in [0, 0.05) is 5.46 Å². The lowest BCUT2D eigenvalue weighted by Crippen LogP contribution is -2.41. The zero-order valence-corrected chi connectivity index (χ0v) is 12.8. The van der Waals surface area contributed by atoms with Gasteiger partial charge in [0.05, 0.1) is 23.5 Å². The SMILES string of the molecule is CC1(C)OB(c2cc(C#N)ncc2OC2CC2)OC1(C)C. The highest BCUT2D eigenvalue weighted by Gasteiger charge is 2.52. The van der Waals surface area contributed by atoms with Crippen molar-refractivity contribution in [3.8, 4) is 11.8 Å². The Morgan fingerprint density at radius 1 is 1.29 bits per heavy atom. The molecular formula is C15H19BN2O3. The number of aromatic nitrogens is 1. The topological polar surface area (TPSA) is 64.4 Å². The standard InChI is InChI=1S/C15H19BN2O3/c1-14(2)15(3,4)21-16(20-14)12-7-10(8-17)18-9-13(12)19-11-5-6-11/h7,9,11H,5-6H2,1-4H3. The molecule has 0 N–H and O–H groups in total. The van der Waals surface area contributed by atoms with E-state index in [2.05, 4.69) is 11.1 Å². The second kappa shape index (κ2) is 4.72. The van der Waals surface area contributed by atoms with Crippen LogP contribution in [0.1, 0.15) is 46.2 Å². The summed E-state index contributed by atoms with van der Waals surface area (Å²) in [6, 6.07) is 3.74. The number of rotatable bonds is 3. The number of ether oxygens (including phenoxy) is 1. The highest BCUT2D eigenvalue weighted by molar-refractivity contribution is 6.63. The number of hydrogen-bond acceptors (Lipinski definition) is 5. The highest BCUT2D eigenvalue weighted by atomic mass is 16.7. The number of pyridine rings is 1. The molecule has 0 unspecified atom stereocenters. The molecule has 3 rings (SSSR count). The maximum absolute atomic E-state index is 9.06. The van der Waals surface area contributed by atoms with Gasteiger partial charge in [0.15, 0.2) is 0 Å². The van der Waals surface area contributed by atoms with Crippen molar-refractivity contribution in [3.05, 3.63) is 18.0 Å². The monoisotopic (exact) mass is 286 g/mol. The Labute approximate surface area is 125 Å². The Morgan fingerprint density at radius 3 is 2.43 bits per heavy atom. The van der Waals surface area contributed by atoms with E-state index in [1.807, 2.05) is 27.7 Å². The van der Waals surface area contributed by atoms with Gasteiger partial charge in [-0.05, 0) is 46.6 Å². The van der Waals surface area contributed by atoms with Crippen molar-refractivity contribution >= 4 is 12.6 Å².